The van der Waals surface area contributed by atoms with E-state index >= 15 is 0 Å². The van der Waals surface area contributed by atoms with Crippen LogP contribution in [0.3, 0.4) is 0 Å². The molecule has 1 saturated heterocycles. The first-order valence-electron chi connectivity index (χ1n) is 6.07. The van der Waals surface area contributed by atoms with Crippen molar-refractivity contribution in [2.75, 3.05) is 31.0 Å². The summed E-state index contributed by atoms with van der Waals surface area (Å²) >= 11 is 7.83. The number of urea groups is 1. The molecule has 1 atom stereocenters. The van der Waals surface area contributed by atoms with Crippen molar-refractivity contribution < 1.29 is 9.53 Å². The zero-order chi connectivity index (χ0) is 13.8. The molecule has 2 rings (SSSR count). The summed E-state index contributed by atoms with van der Waals surface area (Å²) in [6.45, 7) is 0. The van der Waals surface area contributed by atoms with Crippen LogP contribution < -0.4 is 10.1 Å². The predicted molar refractivity (Wildman–Crippen MR) is 80.5 cm³/mol. The van der Waals surface area contributed by atoms with Crippen LogP contribution in [0.4, 0.5) is 10.5 Å². The molecule has 0 radical (unpaired) electrons. The van der Waals surface area contributed by atoms with E-state index in [9.17, 15) is 4.79 Å². The number of thioether (sulfide) groups is 1. The average molecular weight is 301 g/mol. The van der Waals surface area contributed by atoms with E-state index in [0.717, 1.165) is 17.9 Å². The number of carbonyl (C=O) groups is 1. The molecular formula is C13H17ClN2O2S. The molecule has 6 heteroatoms. The first-order valence-corrected chi connectivity index (χ1v) is 7.60. The van der Waals surface area contributed by atoms with Crippen molar-refractivity contribution in [2.45, 2.75) is 12.5 Å². The predicted octanol–water partition coefficient (Wildman–Crippen LogP) is 3.32. The van der Waals surface area contributed by atoms with Gasteiger partial charge in [0.15, 0.2) is 0 Å². The van der Waals surface area contributed by atoms with E-state index in [4.69, 9.17) is 16.3 Å². The van der Waals surface area contributed by atoms with Crippen LogP contribution in [-0.4, -0.2) is 42.6 Å². The fourth-order valence-electron chi connectivity index (χ4n) is 1.94. The molecule has 1 heterocycles. The first-order chi connectivity index (χ1) is 9.11. The zero-order valence-electron chi connectivity index (χ0n) is 11.0. The summed E-state index contributed by atoms with van der Waals surface area (Å²) in [6, 6.07) is 5.41. The first kappa shape index (κ1) is 14.3. The smallest absolute Gasteiger partial charge is 0.321 e. The number of rotatable bonds is 3. The van der Waals surface area contributed by atoms with Gasteiger partial charge in [-0.05, 0) is 24.3 Å². The Morgan fingerprint density at radius 1 is 1.58 bits per heavy atom. The van der Waals surface area contributed by atoms with E-state index in [1.54, 1.807) is 30.2 Å². The lowest BCUT2D eigenvalue weighted by Gasteiger charge is -2.24. The number of ether oxygens (including phenoxy) is 1. The van der Waals surface area contributed by atoms with Gasteiger partial charge in [0.1, 0.15) is 5.75 Å². The Balaban J connectivity index is 2.01. The molecule has 1 aromatic rings. The highest BCUT2D eigenvalue weighted by Gasteiger charge is 2.23. The lowest BCUT2D eigenvalue weighted by atomic mass is 10.2. The Hall–Kier alpha value is -1.07. The second kappa shape index (κ2) is 6.39. The second-order valence-corrected chi connectivity index (χ2v) is 5.96. The number of amides is 2. The number of hydrogen-bond donors (Lipinski definition) is 1. The van der Waals surface area contributed by atoms with Gasteiger partial charge < -0.3 is 15.0 Å². The molecule has 0 aromatic heterocycles. The number of halogens is 1. The number of carbonyl (C=O) groups excluding carboxylic acids is 1. The van der Waals surface area contributed by atoms with Crippen molar-refractivity contribution in [3.8, 4) is 5.75 Å². The summed E-state index contributed by atoms with van der Waals surface area (Å²) in [5.74, 6) is 2.68. The fraction of sp³-hybridized carbons (Fsp3) is 0.462. The zero-order valence-corrected chi connectivity index (χ0v) is 12.6. The van der Waals surface area contributed by atoms with Gasteiger partial charge in [-0.1, -0.05) is 11.6 Å². The van der Waals surface area contributed by atoms with Gasteiger partial charge in [-0.3, -0.25) is 0 Å². The Morgan fingerprint density at radius 3 is 3.00 bits per heavy atom. The molecule has 1 fully saturated rings. The van der Waals surface area contributed by atoms with E-state index in [-0.39, 0.29) is 6.03 Å². The summed E-state index contributed by atoms with van der Waals surface area (Å²) < 4.78 is 5.13. The molecule has 104 valence electrons. The molecule has 1 aliphatic heterocycles. The third-order valence-corrected chi connectivity index (χ3v) is 4.63. The molecule has 0 aliphatic carbocycles. The molecule has 4 nitrogen and oxygen atoms in total. The van der Waals surface area contributed by atoms with E-state index in [2.05, 4.69) is 5.32 Å². The molecule has 2 amide bonds. The summed E-state index contributed by atoms with van der Waals surface area (Å²) in [4.78, 5) is 13.9. The number of methoxy groups -OCH3 is 1. The minimum absolute atomic E-state index is 0.100. The quantitative estimate of drug-likeness (QED) is 0.931. The second-order valence-electron chi connectivity index (χ2n) is 4.41. The summed E-state index contributed by atoms with van der Waals surface area (Å²) in [5, 5.41) is 3.39. The number of benzene rings is 1. The van der Waals surface area contributed by atoms with E-state index in [0.29, 0.717) is 22.5 Å². The number of nitrogens with one attached hydrogen (secondary N) is 1. The van der Waals surface area contributed by atoms with E-state index in [1.165, 1.54) is 0 Å². The SMILES string of the molecule is COc1cc(NC(=O)N(C)[C@H]2CCSC2)ccc1Cl. The maximum absolute atomic E-state index is 12.1. The minimum Gasteiger partial charge on any atom is -0.495 e. The van der Waals surface area contributed by atoms with Crippen LogP contribution in [0, 0.1) is 0 Å². The molecule has 1 aromatic carbocycles. The summed E-state index contributed by atoms with van der Waals surface area (Å²) in [7, 11) is 3.38. The highest BCUT2D eigenvalue weighted by molar-refractivity contribution is 7.99. The average Bonchev–Trinajstić information content (AvgIpc) is 2.94. The lowest BCUT2D eigenvalue weighted by molar-refractivity contribution is 0.209. The highest BCUT2D eigenvalue weighted by atomic mass is 35.5. The maximum atomic E-state index is 12.1. The monoisotopic (exact) mass is 300 g/mol. The molecule has 1 aliphatic rings. The maximum Gasteiger partial charge on any atom is 0.321 e. The highest BCUT2D eigenvalue weighted by Crippen LogP contribution is 2.28. The third kappa shape index (κ3) is 3.48. The molecule has 0 saturated carbocycles. The fourth-order valence-corrected chi connectivity index (χ4v) is 3.41. The number of hydrogen-bond acceptors (Lipinski definition) is 3. The Labute approximate surface area is 122 Å². The van der Waals surface area contributed by atoms with Crippen LogP contribution in [-0.2, 0) is 0 Å². The minimum atomic E-state index is -0.100. The van der Waals surface area contributed by atoms with Gasteiger partial charge >= 0.3 is 6.03 Å². The summed E-state index contributed by atoms with van der Waals surface area (Å²) in [5.41, 5.74) is 0.684. The van der Waals surface area contributed by atoms with E-state index in [1.807, 2.05) is 18.8 Å². The number of nitrogens with zero attached hydrogens (tertiary/aromatic N) is 1. The van der Waals surface area contributed by atoms with E-state index < -0.39 is 0 Å². The third-order valence-electron chi connectivity index (χ3n) is 3.18. The molecule has 1 N–H and O–H groups in total. The number of anilines is 1. The van der Waals surface area contributed by atoms with Gasteiger partial charge in [0.2, 0.25) is 0 Å². The van der Waals surface area contributed by atoms with Crippen LogP contribution in [0.5, 0.6) is 5.75 Å². The molecule has 0 unspecified atom stereocenters. The van der Waals surface area contributed by atoms with Crippen molar-refractivity contribution in [2.24, 2.45) is 0 Å². The van der Waals surface area contributed by atoms with Crippen LogP contribution >= 0.6 is 23.4 Å². The molecule has 0 spiro atoms. The summed E-state index contributed by atoms with van der Waals surface area (Å²) in [6.07, 6.45) is 1.05. The van der Waals surface area contributed by atoms with Crippen LogP contribution in [0.25, 0.3) is 0 Å². The van der Waals surface area contributed by atoms with Gasteiger partial charge in [0, 0.05) is 30.6 Å². The van der Waals surface area contributed by atoms with Crippen LogP contribution in [0.2, 0.25) is 5.02 Å². The van der Waals surface area contributed by atoms with Gasteiger partial charge in [-0.15, -0.1) is 0 Å². The largest absolute Gasteiger partial charge is 0.495 e. The Morgan fingerprint density at radius 2 is 2.37 bits per heavy atom. The van der Waals surface area contributed by atoms with Gasteiger partial charge in [0.05, 0.1) is 12.1 Å². The van der Waals surface area contributed by atoms with Gasteiger partial charge in [0.25, 0.3) is 0 Å². The lowest BCUT2D eigenvalue weighted by Crippen LogP contribution is -2.39. The Kier molecular flexibility index (Phi) is 4.82. The van der Waals surface area contributed by atoms with Crippen LogP contribution in [0.15, 0.2) is 18.2 Å². The topological polar surface area (TPSA) is 41.6 Å². The van der Waals surface area contributed by atoms with Crippen molar-refractivity contribution >= 4 is 35.1 Å². The van der Waals surface area contributed by atoms with Crippen molar-refractivity contribution in [3.63, 3.8) is 0 Å². The molecule has 0 bridgehead atoms. The standard InChI is InChI=1S/C13H17ClN2O2S/c1-16(10-5-6-19-8-10)13(17)15-9-3-4-11(14)12(7-9)18-2/h3-4,7,10H,5-6,8H2,1-2H3,(H,15,17)/t10-/m0/s1. The van der Waals surface area contributed by atoms with Crippen molar-refractivity contribution in [3.05, 3.63) is 23.2 Å². The Bertz CT molecular complexity index is 464. The van der Waals surface area contributed by atoms with Crippen molar-refractivity contribution in [1.82, 2.24) is 4.90 Å². The van der Waals surface area contributed by atoms with Crippen molar-refractivity contribution in [1.29, 1.82) is 0 Å². The molecule has 19 heavy (non-hydrogen) atoms. The van der Waals surface area contributed by atoms with Gasteiger partial charge in [-0.2, -0.15) is 11.8 Å². The van der Waals surface area contributed by atoms with Gasteiger partial charge in [-0.25, -0.2) is 4.79 Å². The normalized spacial score (nSPS) is 18.2. The van der Waals surface area contributed by atoms with Crippen LogP contribution in [0.1, 0.15) is 6.42 Å². The molecular weight excluding hydrogens is 284 g/mol.